The van der Waals surface area contributed by atoms with Gasteiger partial charge in [-0.3, -0.25) is 23.4 Å². The zero-order chi connectivity index (χ0) is 44.2. The number of unbranched alkanes of at least 4 members (excludes halogenated alkanes) is 16. The Morgan fingerprint density at radius 3 is 1.40 bits per heavy atom. The van der Waals surface area contributed by atoms with E-state index in [0.717, 1.165) is 77.0 Å². The average molecular weight is 864 g/mol. The maximum Gasteiger partial charge on any atom is 0.472 e. The van der Waals surface area contributed by atoms with Crippen molar-refractivity contribution in [3.05, 3.63) is 72.9 Å². The first-order valence-corrected chi connectivity index (χ1v) is 24.5. The van der Waals surface area contributed by atoms with Gasteiger partial charge in [-0.2, -0.15) is 0 Å². The molecule has 0 bridgehead atoms. The minimum absolute atomic E-state index is 0.146. The van der Waals surface area contributed by atoms with Crippen molar-refractivity contribution in [3.63, 3.8) is 0 Å². The fourth-order valence-corrected chi connectivity index (χ4v) is 6.57. The fourth-order valence-electron chi connectivity index (χ4n) is 5.79. The van der Waals surface area contributed by atoms with Crippen molar-refractivity contribution >= 4 is 25.7 Å². The first-order chi connectivity index (χ1) is 29.1. The normalized spacial score (nSPS) is 14.3. The molecule has 0 aromatic rings. The van der Waals surface area contributed by atoms with Gasteiger partial charge in [0, 0.05) is 12.8 Å². The molecule has 12 heteroatoms. The molecule has 344 valence electrons. The Morgan fingerprint density at radius 2 is 0.917 bits per heavy atom. The minimum Gasteiger partial charge on any atom is -0.480 e. The number of carbonyl (C=O) groups is 3. The van der Waals surface area contributed by atoms with Crippen LogP contribution in [0, 0.1) is 0 Å². The van der Waals surface area contributed by atoms with Crippen molar-refractivity contribution < 1.29 is 47.5 Å². The lowest BCUT2D eigenvalue weighted by atomic mass is 10.1. The number of phosphoric acid groups is 1. The van der Waals surface area contributed by atoms with Crippen LogP contribution in [0.2, 0.25) is 0 Å². The Bertz CT molecular complexity index is 1290. The van der Waals surface area contributed by atoms with E-state index in [1.165, 1.54) is 64.2 Å². The summed E-state index contributed by atoms with van der Waals surface area (Å²) < 4.78 is 32.7. The molecule has 3 atom stereocenters. The molecule has 0 radical (unpaired) electrons. The van der Waals surface area contributed by atoms with Crippen LogP contribution < -0.4 is 5.73 Å². The highest BCUT2D eigenvalue weighted by Gasteiger charge is 2.28. The van der Waals surface area contributed by atoms with E-state index in [-0.39, 0.29) is 19.4 Å². The molecule has 0 fully saturated rings. The maximum absolute atomic E-state index is 12.7. The second-order valence-electron chi connectivity index (χ2n) is 15.2. The predicted molar refractivity (Wildman–Crippen MR) is 244 cm³/mol. The summed E-state index contributed by atoms with van der Waals surface area (Å²) in [4.78, 5) is 46.0. The third-order valence-electron chi connectivity index (χ3n) is 9.41. The van der Waals surface area contributed by atoms with Gasteiger partial charge in [-0.15, -0.1) is 0 Å². The van der Waals surface area contributed by atoms with E-state index < -0.39 is 51.1 Å². The molecule has 0 aliphatic heterocycles. The highest BCUT2D eigenvalue weighted by molar-refractivity contribution is 7.47. The summed E-state index contributed by atoms with van der Waals surface area (Å²) in [5.41, 5.74) is 5.34. The third-order valence-corrected chi connectivity index (χ3v) is 10.4. The SMILES string of the molecule is CCC/C=C/C/C=C/C/C=C/C/C=C/CCCCCC(=O)OC[C@H](COP(=O)(O)OC[C@H](N)C(=O)O)OC(=O)CCCCCCCCCCC/C=C/C/C=C/CCCCC. The standard InChI is InChI=1S/C48H82NO10P/c1-3-5-7-9-11-13-15-17-19-21-22-24-26-28-30-32-34-36-38-40-47(51)59-44(42-57-60(54,55)58-43-45(49)48(52)53)41-56-46(50)39-37-35-33-31-29-27-25-23-20-18-16-14-12-10-8-6-4-2/h8,10-11,13-14,16-17,19-20,23,27,29,44-45H,3-7,9,12,15,18,21-22,24-26,28,30-43,49H2,1-2H3,(H,52,53)(H,54,55)/b10-8+,13-11+,16-14+,19-17+,23-20+,29-27+/t44-,45+/m1/s1. The van der Waals surface area contributed by atoms with Crippen LogP contribution in [0.25, 0.3) is 0 Å². The van der Waals surface area contributed by atoms with E-state index in [1.807, 2.05) is 0 Å². The minimum atomic E-state index is -4.73. The number of phosphoric ester groups is 1. The molecule has 0 aromatic heterocycles. The Balaban J connectivity index is 4.40. The van der Waals surface area contributed by atoms with Gasteiger partial charge in [-0.1, -0.05) is 157 Å². The summed E-state index contributed by atoms with van der Waals surface area (Å²) in [6.45, 7) is 2.67. The van der Waals surface area contributed by atoms with Gasteiger partial charge < -0.3 is 25.2 Å². The van der Waals surface area contributed by atoms with E-state index in [1.54, 1.807) is 0 Å². The molecule has 0 aromatic carbocycles. The van der Waals surface area contributed by atoms with E-state index in [4.69, 9.17) is 24.8 Å². The molecule has 0 heterocycles. The summed E-state index contributed by atoms with van der Waals surface area (Å²) in [6.07, 6.45) is 51.0. The largest absolute Gasteiger partial charge is 0.480 e. The Morgan fingerprint density at radius 1 is 0.517 bits per heavy atom. The lowest BCUT2D eigenvalue weighted by Gasteiger charge is -2.20. The maximum atomic E-state index is 12.7. The van der Waals surface area contributed by atoms with Crippen molar-refractivity contribution in [1.82, 2.24) is 0 Å². The van der Waals surface area contributed by atoms with Crippen LogP contribution in [0.1, 0.15) is 181 Å². The molecule has 11 nitrogen and oxygen atoms in total. The van der Waals surface area contributed by atoms with Gasteiger partial charge in [-0.05, 0) is 83.5 Å². The molecular formula is C48H82NO10P. The van der Waals surface area contributed by atoms with Crippen LogP contribution in [-0.4, -0.2) is 59.9 Å². The number of aliphatic carboxylic acids is 1. The number of carboxylic acids is 1. The summed E-state index contributed by atoms with van der Waals surface area (Å²) in [7, 11) is -4.73. The predicted octanol–water partition coefficient (Wildman–Crippen LogP) is 12.5. The molecule has 4 N–H and O–H groups in total. The number of carbonyl (C=O) groups excluding carboxylic acids is 2. The third kappa shape index (κ3) is 41.6. The van der Waals surface area contributed by atoms with E-state index in [9.17, 15) is 23.8 Å². The van der Waals surface area contributed by atoms with Crippen LogP contribution in [0.5, 0.6) is 0 Å². The summed E-state index contributed by atoms with van der Waals surface area (Å²) >= 11 is 0. The second-order valence-corrected chi connectivity index (χ2v) is 16.6. The molecule has 0 aliphatic rings. The molecule has 0 amide bonds. The topological polar surface area (TPSA) is 172 Å². The Labute approximate surface area is 363 Å². The van der Waals surface area contributed by atoms with Gasteiger partial charge in [0.2, 0.25) is 0 Å². The fraction of sp³-hybridized carbons (Fsp3) is 0.688. The van der Waals surface area contributed by atoms with Crippen LogP contribution in [0.15, 0.2) is 72.9 Å². The van der Waals surface area contributed by atoms with Gasteiger partial charge >= 0.3 is 25.7 Å². The molecule has 0 saturated heterocycles. The molecule has 0 saturated carbocycles. The lowest BCUT2D eigenvalue weighted by Crippen LogP contribution is -2.34. The van der Waals surface area contributed by atoms with Crippen molar-refractivity contribution in [2.75, 3.05) is 19.8 Å². The van der Waals surface area contributed by atoms with Gasteiger partial charge in [0.25, 0.3) is 0 Å². The van der Waals surface area contributed by atoms with E-state index in [0.29, 0.717) is 12.8 Å². The summed E-state index contributed by atoms with van der Waals surface area (Å²) in [5.74, 6) is -2.43. The van der Waals surface area contributed by atoms with E-state index in [2.05, 4.69) is 91.3 Å². The summed E-state index contributed by atoms with van der Waals surface area (Å²) in [6, 6.07) is -1.53. The lowest BCUT2D eigenvalue weighted by molar-refractivity contribution is -0.161. The van der Waals surface area contributed by atoms with Crippen molar-refractivity contribution in [3.8, 4) is 0 Å². The molecule has 60 heavy (non-hydrogen) atoms. The van der Waals surface area contributed by atoms with Gasteiger partial charge in [0.05, 0.1) is 13.2 Å². The number of nitrogens with two attached hydrogens (primary N) is 1. The number of allylic oxidation sites excluding steroid dienone is 12. The quantitative estimate of drug-likeness (QED) is 0.0231. The first-order valence-electron chi connectivity index (χ1n) is 23.0. The van der Waals surface area contributed by atoms with Crippen LogP contribution in [-0.2, 0) is 37.5 Å². The average Bonchev–Trinajstić information content (AvgIpc) is 3.22. The number of carboxylic acid groups (broad SMARTS) is 1. The zero-order valence-corrected chi connectivity index (χ0v) is 38.2. The van der Waals surface area contributed by atoms with Crippen molar-refractivity contribution in [1.29, 1.82) is 0 Å². The monoisotopic (exact) mass is 864 g/mol. The van der Waals surface area contributed by atoms with Crippen LogP contribution in [0.3, 0.4) is 0 Å². The van der Waals surface area contributed by atoms with Gasteiger partial charge in [0.1, 0.15) is 12.6 Å². The number of hydrogen-bond donors (Lipinski definition) is 3. The van der Waals surface area contributed by atoms with Gasteiger partial charge in [0.15, 0.2) is 6.10 Å². The first kappa shape index (κ1) is 56.9. The van der Waals surface area contributed by atoms with Crippen LogP contribution in [0.4, 0.5) is 0 Å². The highest BCUT2D eigenvalue weighted by atomic mass is 31.2. The second kappa shape index (κ2) is 42.6. The Kier molecular flexibility index (Phi) is 40.4. The number of esters is 2. The smallest absolute Gasteiger partial charge is 0.472 e. The Hall–Kier alpha value is -3.08. The molecule has 0 rings (SSSR count). The summed E-state index contributed by atoms with van der Waals surface area (Å²) in [5, 5.41) is 8.90. The number of hydrogen-bond acceptors (Lipinski definition) is 9. The number of rotatable bonds is 42. The molecule has 1 unspecified atom stereocenters. The van der Waals surface area contributed by atoms with Crippen molar-refractivity contribution in [2.45, 2.75) is 193 Å². The van der Waals surface area contributed by atoms with Gasteiger partial charge in [-0.25, -0.2) is 4.57 Å². The molecule has 0 aliphatic carbocycles. The van der Waals surface area contributed by atoms with E-state index >= 15 is 0 Å². The van der Waals surface area contributed by atoms with Crippen molar-refractivity contribution in [2.24, 2.45) is 5.73 Å². The molecular weight excluding hydrogens is 781 g/mol. The molecule has 0 spiro atoms. The number of ether oxygens (including phenoxy) is 2. The highest BCUT2D eigenvalue weighted by Crippen LogP contribution is 2.43. The van der Waals surface area contributed by atoms with Crippen LogP contribution >= 0.6 is 7.82 Å². The zero-order valence-electron chi connectivity index (χ0n) is 37.3.